The second kappa shape index (κ2) is 6.18. The van der Waals surface area contributed by atoms with Gasteiger partial charge in [-0.2, -0.15) is 5.10 Å². The minimum absolute atomic E-state index is 0.0957. The van der Waals surface area contributed by atoms with Crippen molar-refractivity contribution >= 4 is 28.8 Å². The molecule has 0 bridgehead atoms. The van der Waals surface area contributed by atoms with E-state index in [1.54, 1.807) is 29.5 Å². The zero-order valence-corrected chi connectivity index (χ0v) is 12.0. The first kappa shape index (κ1) is 14.0. The van der Waals surface area contributed by atoms with Gasteiger partial charge in [-0.15, -0.1) is 11.3 Å². The summed E-state index contributed by atoms with van der Waals surface area (Å²) < 4.78 is 1.50. The monoisotopic (exact) mass is 299 g/mol. The maximum absolute atomic E-state index is 12.4. The minimum Gasteiger partial charge on any atom is -0.395 e. The molecule has 102 valence electrons. The number of hydrogen-bond acceptors (Lipinski definition) is 4. The highest BCUT2D eigenvalue weighted by atomic mass is 35.5. The summed E-state index contributed by atoms with van der Waals surface area (Å²) in [5.41, 5.74) is 0.217. The molecule has 0 atom stereocenters. The van der Waals surface area contributed by atoms with E-state index in [1.165, 1.54) is 4.68 Å². The lowest BCUT2D eigenvalue weighted by atomic mass is 10.3. The number of carbonyl (C=O) groups excluding carboxylic acids is 1. The molecule has 5 nitrogen and oxygen atoms in total. The maximum atomic E-state index is 12.4. The Morgan fingerprint density at radius 1 is 1.63 bits per heavy atom. The van der Waals surface area contributed by atoms with Crippen LogP contribution in [0.25, 0.3) is 0 Å². The normalized spacial score (nSPS) is 10.7. The molecule has 1 N–H and O–H groups in total. The van der Waals surface area contributed by atoms with E-state index in [-0.39, 0.29) is 24.8 Å². The van der Waals surface area contributed by atoms with Gasteiger partial charge in [0.2, 0.25) is 0 Å². The van der Waals surface area contributed by atoms with E-state index in [1.807, 2.05) is 17.5 Å². The van der Waals surface area contributed by atoms with Gasteiger partial charge in [-0.05, 0) is 11.4 Å². The van der Waals surface area contributed by atoms with Gasteiger partial charge < -0.3 is 10.0 Å². The molecule has 0 fully saturated rings. The molecule has 0 saturated heterocycles. The lowest BCUT2D eigenvalue weighted by Crippen LogP contribution is -2.33. The summed E-state index contributed by atoms with van der Waals surface area (Å²) in [5.74, 6) is -0.270. The van der Waals surface area contributed by atoms with Crippen LogP contribution in [0.5, 0.6) is 0 Å². The molecule has 0 unspecified atom stereocenters. The Hall–Kier alpha value is -1.37. The fraction of sp³-hybridized carbons (Fsp3) is 0.333. The largest absolute Gasteiger partial charge is 0.395 e. The number of rotatable bonds is 5. The first-order valence-corrected chi connectivity index (χ1v) is 6.99. The number of amides is 1. The summed E-state index contributed by atoms with van der Waals surface area (Å²) in [6, 6.07) is 3.87. The predicted octanol–water partition coefficient (Wildman–Crippen LogP) is 1.77. The van der Waals surface area contributed by atoms with Gasteiger partial charge in [0.05, 0.1) is 18.2 Å². The minimum atomic E-state index is -0.270. The average Bonchev–Trinajstić information content (AvgIpc) is 2.97. The van der Waals surface area contributed by atoms with Crippen molar-refractivity contribution in [1.29, 1.82) is 0 Å². The standard InChI is InChI=1S/C12H14ClN3O2S/c1-15-8-10(13)11(14-15)12(18)16(4-5-17)7-9-3-2-6-19-9/h2-3,6,8,17H,4-5,7H2,1H3. The molecule has 1 amide bonds. The summed E-state index contributed by atoms with van der Waals surface area (Å²) in [7, 11) is 1.71. The fourth-order valence-corrected chi connectivity index (χ4v) is 2.70. The van der Waals surface area contributed by atoms with E-state index in [4.69, 9.17) is 16.7 Å². The third-order valence-corrected chi connectivity index (χ3v) is 3.71. The summed E-state index contributed by atoms with van der Waals surface area (Å²) in [6.45, 7) is 0.606. The van der Waals surface area contributed by atoms with Crippen LogP contribution in [0.4, 0.5) is 0 Å². The van der Waals surface area contributed by atoms with Gasteiger partial charge in [0.25, 0.3) is 5.91 Å². The Morgan fingerprint density at radius 2 is 2.42 bits per heavy atom. The number of carbonyl (C=O) groups is 1. The van der Waals surface area contributed by atoms with Crippen LogP contribution in [0.1, 0.15) is 15.4 Å². The Labute approximate surface area is 120 Å². The third kappa shape index (κ3) is 3.34. The number of hydrogen-bond donors (Lipinski definition) is 1. The van der Waals surface area contributed by atoms with Crippen molar-refractivity contribution in [2.75, 3.05) is 13.2 Å². The van der Waals surface area contributed by atoms with Crippen molar-refractivity contribution in [3.05, 3.63) is 39.3 Å². The highest BCUT2D eigenvalue weighted by Gasteiger charge is 2.21. The molecule has 0 aromatic carbocycles. The molecule has 0 saturated carbocycles. The molecule has 2 aromatic rings. The highest BCUT2D eigenvalue weighted by molar-refractivity contribution is 7.09. The van der Waals surface area contributed by atoms with E-state index in [0.717, 1.165) is 4.88 Å². The molecule has 2 heterocycles. The quantitative estimate of drug-likeness (QED) is 0.915. The van der Waals surface area contributed by atoms with Gasteiger partial charge in [0.1, 0.15) is 0 Å². The number of nitrogens with zero attached hydrogens (tertiary/aromatic N) is 3. The predicted molar refractivity (Wildman–Crippen MR) is 74.4 cm³/mol. The Balaban J connectivity index is 2.18. The number of aryl methyl sites for hydroxylation is 1. The van der Waals surface area contributed by atoms with Crippen molar-refractivity contribution in [3.63, 3.8) is 0 Å². The lowest BCUT2D eigenvalue weighted by molar-refractivity contribution is 0.0703. The summed E-state index contributed by atoms with van der Waals surface area (Å²) in [5, 5.41) is 15.4. The van der Waals surface area contributed by atoms with Gasteiger partial charge in [-0.1, -0.05) is 17.7 Å². The van der Waals surface area contributed by atoms with Crippen LogP contribution < -0.4 is 0 Å². The maximum Gasteiger partial charge on any atom is 0.276 e. The molecule has 0 radical (unpaired) electrons. The van der Waals surface area contributed by atoms with E-state index in [2.05, 4.69) is 5.10 Å². The highest BCUT2D eigenvalue weighted by Crippen LogP contribution is 2.18. The lowest BCUT2D eigenvalue weighted by Gasteiger charge is -2.20. The molecule has 0 spiro atoms. The van der Waals surface area contributed by atoms with Crippen molar-refractivity contribution in [2.24, 2.45) is 7.05 Å². The number of aromatic nitrogens is 2. The van der Waals surface area contributed by atoms with Gasteiger partial charge in [-0.25, -0.2) is 0 Å². The van der Waals surface area contributed by atoms with Crippen molar-refractivity contribution < 1.29 is 9.90 Å². The number of aliphatic hydroxyl groups excluding tert-OH is 1. The molecule has 7 heteroatoms. The van der Waals surface area contributed by atoms with Gasteiger partial charge in [0, 0.05) is 24.7 Å². The van der Waals surface area contributed by atoms with Crippen molar-refractivity contribution in [3.8, 4) is 0 Å². The topological polar surface area (TPSA) is 58.4 Å². The zero-order chi connectivity index (χ0) is 13.8. The Bertz CT molecular complexity index is 553. The second-order valence-electron chi connectivity index (χ2n) is 4.03. The van der Waals surface area contributed by atoms with E-state index in [0.29, 0.717) is 11.6 Å². The van der Waals surface area contributed by atoms with Gasteiger partial charge in [-0.3, -0.25) is 9.48 Å². The summed E-state index contributed by atoms with van der Waals surface area (Å²) in [6.07, 6.45) is 1.58. The number of halogens is 1. The van der Waals surface area contributed by atoms with Crippen molar-refractivity contribution in [2.45, 2.75) is 6.54 Å². The molecule has 19 heavy (non-hydrogen) atoms. The molecular weight excluding hydrogens is 286 g/mol. The molecule has 2 rings (SSSR count). The van der Waals surface area contributed by atoms with Crippen LogP contribution in [0.15, 0.2) is 23.7 Å². The molecule has 2 aromatic heterocycles. The Kier molecular flexibility index (Phi) is 4.57. The average molecular weight is 300 g/mol. The zero-order valence-electron chi connectivity index (χ0n) is 10.4. The Morgan fingerprint density at radius 3 is 2.95 bits per heavy atom. The van der Waals surface area contributed by atoms with Crippen LogP contribution in [0.3, 0.4) is 0 Å². The van der Waals surface area contributed by atoms with Crippen LogP contribution >= 0.6 is 22.9 Å². The number of thiophene rings is 1. The summed E-state index contributed by atoms with van der Waals surface area (Å²) in [4.78, 5) is 14.9. The first-order valence-electron chi connectivity index (χ1n) is 5.73. The fourth-order valence-electron chi connectivity index (χ4n) is 1.72. The van der Waals surface area contributed by atoms with Crippen molar-refractivity contribution in [1.82, 2.24) is 14.7 Å². The first-order chi connectivity index (χ1) is 9.11. The van der Waals surface area contributed by atoms with Crippen LogP contribution in [-0.2, 0) is 13.6 Å². The van der Waals surface area contributed by atoms with E-state index in [9.17, 15) is 4.79 Å². The van der Waals surface area contributed by atoms with E-state index >= 15 is 0 Å². The third-order valence-electron chi connectivity index (χ3n) is 2.57. The van der Waals surface area contributed by atoms with Crippen LogP contribution in [0.2, 0.25) is 5.02 Å². The molecule has 0 aliphatic heterocycles. The van der Waals surface area contributed by atoms with Crippen LogP contribution in [-0.4, -0.2) is 38.8 Å². The van der Waals surface area contributed by atoms with Gasteiger partial charge in [0.15, 0.2) is 5.69 Å². The van der Waals surface area contributed by atoms with Gasteiger partial charge >= 0.3 is 0 Å². The SMILES string of the molecule is Cn1cc(Cl)c(C(=O)N(CCO)Cc2cccs2)n1. The molecule has 0 aliphatic carbocycles. The summed E-state index contributed by atoms with van der Waals surface area (Å²) >= 11 is 7.54. The van der Waals surface area contributed by atoms with E-state index < -0.39 is 0 Å². The number of aliphatic hydroxyl groups is 1. The second-order valence-corrected chi connectivity index (χ2v) is 5.47. The molecule has 0 aliphatic rings. The smallest absolute Gasteiger partial charge is 0.276 e. The molecular formula is C12H14ClN3O2S. The van der Waals surface area contributed by atoms with Crippen LogP contribution in [0, 0.1) is 0 Å².